The number of aromatic nitrogens is 1. The summed E-state index contributed by atoms with van der Waals surface area (Å²) in [5.74, 6) is -3.55. The highest BCUT2D eigenvalue weighted by molar-refractivity contribution is 5.88. The van der Waals surface area contributed by atoms with Gasteiger partial charge in [-0.15, -0.1) is 0 Å². The van der Waals surface area contributed by atoms with Crippen molar-refractivity contribution in [2.24, 2.45) is 0 Å². The molecule has 5 heteroatoms. The van der Waals surface area contributed by atoms with E-state index < -0.39 is 11.9 Å². The molecule has 0 N–H and O–H groups in total. The molecular formula is C10H11F2NO2. The first kappa shape index (κ1) is 11.6. The molecule has 0 saturated carbocycles. The highest BCUT2D eigenvalue weighted by Crippen LogP contribution is 2.24. The Balaban J connectivity index is 2.86. The number of pyridine rings is 1. The fourth-order valence-electron chi connectivity index (χ4n) is 0.989. The molecule has 0 radical (unpaired) electrons. The van der Waals surface area contributed by atoms with E-state index in [1.165, 1.54) is 6.07 Å². The lowest BCUT2D eigenvalue weighted by atomic mass is 10.2. The molecule has 15 heavy (non-hydrogen) atoms. The van der Waals surface area contributed by atoms with Crippen LogP contribution in [0, 0.1) is 0 Å². The number of nitrogens with zero attached hydrogens (tertiary/aromatic N) is 1. The molecule has 0 fully saturated rings. The van der Waals surface area contributed by atoms with Crippen LogP contribution < -0.4 is 0 Å². The van der Waals surface area contributed by atoms with E-state index in [0.717, 1.165) is 19.2 Å². The lowest BCUT2D eigenvalue weighted by Crippen LogP contribution is -2.11. The molecule has 0 saturated heterocycles. The minimum Gasteiger partial charge on any atom is -0.462 e. The quantitative estimate of drug-likeness (QED) is 0.726. The molecule has 0 aliphatic rings. The fourth-order valence-corrected chi connectivity index (χ4v) is 0.989. The highest BCUT2D eigenvalue weighted by Gasteiger charge is 2.26. The summed E-state index contributed by atoms with van der Waals surface area (Å²) in [5, 5.41) is 0. The largest absolute Gasteiger partial charge is 0.462 e. The number of hydrogen-bond donors (Lipinski definition) is 0. The van der Waals surface area contributed by atoms with Gasteiger partial charge in [-0.3, -0.25) is 4.98 Å². The first-order valence-electron chi connectivity index (χ1n) is 4.46. The zero-order valence-corrected chi connectivity index (χ0v) is 8.46. The lowest BCUT2D eigenvalue weighted by Gasteiger charge is -2.09. The van der Waals surface area contributed by atoms with Crippen LogP contribution in [0.3, 0.4) is 0 Å². The topological polar surface area (TPSA) is 39.2 Å². The number of rotatable bonds is 3. The van der Waals surface area contributed by atoms with Crippen molar-refractivity contribution >= 4 is 5.97 Å². The maximum atomic E-state index is 12.8. The van der Waals surface area contributed by atoms with Crippen molar-refractivity contribution < 1.29 is 18.3 Å². The van der Waals surface area contributed by atoms with Crippen molar-refractivity contribution in [1.82, 2.24) is 4.98 Å². The van der Waals surface area contributed by atoms with E-state index in [9.17, 15) is 13.6 Å². The molecule has 1 heterocycles. The molecule has 1 rings (SSSR count). The van der Waals surface area contributed by atoms with Gasteiger partial charge < -0.3 is 4.74 Å². The third kappa shape index (κ3) is 2.97. The maximum Gasteiger partial charge on any atom is 0.339 e. The van der Waals surface area contributed by atoms with Crippen LogP contribution in [0.5, 0.6) is 0 Å². The van der Waals surface area contributed by atoms with Crippen LogP contribution in [0.15, 0.2) is 18.3 Å². The number of esters is 1. The summed E-state index contributed by atoms with van der Waals surface area (Å²) in [4.78, 5) is 14.7. The molecule has 3 nitrogen and oxygen atoms in total. The van der Waals surface area contributed by atoms with Gasteiger partial charge in [0, 0.05) is 13.1 Å². The summed E-state index contributed by atoms with van der Waals surface area (Å²) in [6, 6.07) is 2.39. The number of carbonyl (C=O) groups excluding carboxylic acids is 1. The third-order valence-corrected chi connectivity index (χ3v) is 1.72. The maximum absolute atomic E-state index is 12.8. The SMILES string of the molecule is CCOC(=O)c1ccc(C(C)(F)F)nc1. The molecule has 0 bridgehead atoms. The number of alkyl halides is 2. The molecule has 82 valence electrons. The van der Waals surface area contributed by atoms with Gasteiger partial charge >= 0.3 is 5.97 Å². The average Bonchev–Trinajstić information content (AvgIpc) is 2.17. The number of hydrogen-bond acceptors (Lipinski definition) is 3. The summed E-state index contributed by atoms with van der Waals surface area (Å²) in [5.41, 5.74) is -0.194. The molecule has 0 amide bonds. The second kappa shape index (κ2) is 4.33. The van der Waals surface area contributed by atoms with E-state index in [1.54, 1.807) is 6.92 Å². The van der Waals surface area contributed by atoms with Gasteiger partial charge in [-0.1, -0.05) is 0 Å². The molecule has 0 spiro atoms. The van der Waals surface area contributed by atoms with Crippen molar-refractivity contribution in [2.45, 2.75) is 19.8 Å². The summed E-state index contributed by atoms with van der Waals surface area (Å²) in [6.45, 7) is 2.66. The Hall–Kier alpha value is -1.52. The van der Waals surface area contributed by atoms with E-state index >= 15 is 0 Å². The van der Waals surface area contributed by atoms with Crippen molar-refractivity contribution in [2.75, 3.05) is 6.61 Å². The van der Waals surface area contributed by atoms with E-state index in [4.69, 9.17) is 0 Å². The summed E-state index contributed by atoms with van der Waals surface area (Å²) < 4.78 is 30.2. The van der Waals surface area contributed by atoms with Crippen LogP contribution in [0.1, 0.15) is 29.9 Å². The Bertz CT molecular complexity index is 343. The van der Waals surface area contributed by atoms with Crippen LogP contribution in [0.2, 0.25) is 0 Å². The molecule has 0 atom stereocenters. The average molecular weight is 215 g/mol. The second-order valence-corrected chi connectivity index (χ2v) is 3.04. The first-order chi connectivity index (χ1) is 6.95. The van der Waals surface area contributed by atoms with E-state index in [-0.39, 0.29) is 17.9 Å². The van der Waals surface area contributed by atoms with Crippen molar-refractivity contribution in [3.05, 3.63) is 29.6 Å². The van der Waals surface area contributed by atoms with Crippen molar-refractivity contribution in [1.29, 1.82) is 0 Å². The molecule has 0 aliphatic carbocycles. The van der Waals surface area contributed by atoms with Crippen LogP contribution in [-0.2, 0) is 10.7 Å². The predicted molar refractivity (Wildman–Crippen MR) is 49.8 cm³/mol. The minimum absolute atomic E-state index is 0.171. The van der Waals surface area contributed by atoms with Crippen LogP contribution >= 0.6 is 0 Å². The Kier molecular flexibility index (Phi) is 3.34. The normalized spacial score (nSPS) is 11.2. The van der Waals surface area contributed by atoms with Gasteiger partial charge in [-0.05, 0) is 19.1 Å². The molecular weight excluding hydrogens is 204 g/mol. The minimum atomic E-state index is -2.99. The molecule has 0 unspecified atom stereocenters. The van der Waals surface area contributed by atoms with Gasteiger partial charge in [0.1, 0.15) is 5.69 Å². The predicted octanol–water partition coefficient (Wildman–Crippen LogP) is 2.37. The van der Waals surface area contributed by atoms with Gasteiger partial charge in [0.15, 0.2) is 0 Å². The molecule has 0 aliphatic heterocycles. The number of halogens is 2. The monoisotopic (exact) mass is 215 g/mol. The Morgan fingerprint density at radius 1 is 1.53 bits per heavy atom. The molecule has 1 aromatic heterocycles. The van der Waals surface area contributed by atoms with Gasteiger partial charge in [0.05, 0.1) is 12.2 Å². The van der Waals surface area contributed by atoms with E-state index in [2.05, 4.69) is 9.72 Å². The highest BCUT2D eigenvalue weighted by atomic mass is 19.3. The van der Waals surface area contributed by atoms with Gasteiger partial charge in [-0.2, -0.15) is 8.78 Å². The Morgan fingerprint density at radius 2 is 2.20 bits per heavy atom. The van der Waals surface area contributed by atoms with Crippen LogP contribution in [0.4, 0.5) is 8.78 Å². The zero-order valence-electron chi connectivity index (χ0n) is 8.46. The van der Waals surface area contributed by atoms with Crippen LogP contribution in [0.25, 0.3) is 0 Å². The molecule has 1 aromatic rings. The fraction of sp³-hybridized carbons (Fsp3) is 0.400. The van der Waals surface area contributed by atoms with Gasteiger partial charge in [0.25, 0.3) is 5.92 Å². The van der Waals surface area contributed by atoms with Crippen LogP contribution in [-0.4, -0.2) is 17.6 Å². The van der Waals surface area contributed by atoms with Gasteiger partial charge in [-0.25, -0.2) is 4.79 Å². The summed E-state index contributed by atoms with van der Waals surface area (Å²) in [6.07, 6.45) is 1.09. The smallest absolute Gasteiger partial charge is 0.339 e. The lowest BCUT2D eigenvalue weighted by molar-refractivity contribution is 0.0126. The number of carbonyl (C=O) groups is 1. The van der Waals surface area contributed by atoms with Crippen molar-refractivity contribution in [3.63, 3.8) is 0 Å². The summed E-state index contributed by atoms with van der Waals surface area (Å²) >= 11 is 0. The second-order valence-electron chi connectivity index (χ2n) is 3.04. The molecule has 0 aromatic carbocycles. The van der Waals surface area contributed by atoms with Gasteiger partial charge in [0.2, 0.25) is 0 Å². The number of ether oxygens (including phenoxy) is 1. The van der Waals surface area contributed by atoms with E-state index in [0.29, 0.717) is 0 Å². The van der Waals surface area contributed by atoms with Crippen molar-refractivity contribution in [3.8, 4) is 0 Å². The first-order valence-corrected chi connectivity index (χ1v) is 4.46. The standard InChI is InChI=1S/C10H11F2NO2/c1-3-15-9(14)7-4-5-8(13-6-7)10(2,11)12/h4-6H,3H2,1-2H3. The third-order valence-electron chi connectivity index (χ3n) is 1.72. The van der Waals surface area contributed by atoms with E-state index in [1.807, 2.05) is 0 Å². The zero-order chi connectivity index (χ0) is 11.5. The Labute approximate surface area is 86.1 Å². The summed E-state index contributed by atoms with van der Waals surface area (Å²) in [7, 11) is 0. The Morgan fingerprint density at radius 3 is 2.60 bits per heavy atom.